The normalized spacial score (nSPS) is 12.7. The van der Waals surface area contributed by atoms with E-state index >= 15 is 0 Å². The predicted octanol–water partition coefficient (Wildman–Crippen LogP) is 1.22. The Bertz CT molecular complexity index is 74.6. The third-order valence-corrected chi connectivity index (χ3v) is 0.674. The van der Waals surface area contributed by atoms with Gasteiger partial charge in [0.15, 0.2) is 0 Å². The minimum Gasteiger partial charge on any atom is -0.350 e. The molecule has 0 saturated carbocycles. The first kappa shape index (κ1) is 6.81. The molecule has 0 aromatic carbocycles. The minimum atomic E-state index is -0.155. The molecule has 0 aromatic heterocycles. The third kappa shape index (κ3) is 3.65. The molecule has 0 heterocycles. The molecule has 0 rings (SSSR count). The zero-order valence-corrected chi connectivity index (χ0v) is 4.90. The van der Waals surface area contributed by atoms with E-state index in [1.54, 1.807) is 6.92 Å². The summed E-state index contributed by atoms with van der Waals surface area (Å²) in [6, 6.07) is 0.172. The summed E-state index contributed by atoms with van der Waals surface area (Å²) < 4.78 is 4.72. The minimum absolute atomic E-state index is 0.155. The first-order chi connectivity index (χ1) is 3.31. The van der Waals surface area contributed by atoms with Gasteiger partial charge < -0.3 is 4.74 Å². The zero-order valence-electron chi connectivity index (χ0n) is 4.15. The number of alkyl halides is 1. The van der Waals surface area contributed by atoms with Crippen molar-refractivity contribution >= 4 is 11.6 Å². The van der Waals surface area contributed by atoms with Crippen LogP contribution in [0.25, 0.3) is 0 Å². The average Bonchev–Trinajstić information content (AvgIpc) is 1.68. The highest BCUT2D eigenvalue weighted by atomic mass is 35.5. The van der Waals surface area contributed by atoms with Crippen LogP contribution in [0, 0.1) is 12.3 Å². The summed E-state index contributed by atoms with van der Waals surface area (Å²) in [6.07, 6.45) is 4.77. The Morgan fingerprint density at radius 2 is 2.57 bits per heavy atom. The summed E-state index contributed by atoms with van der Waals surface area (Å²) in [5.41, 5.74) is 0. The van der Waals surface area contributed by atoms with Crippen LogP contribution in [-0.2, 0) is 4.74 Å². The van der Waals surface area contributed by atoms with Crippen molar-refractivity contribution in [2.75, 3.05) is 6.07 Å². The van der Waals surface area contributed by atoms with Crippen molar-refractivity contribution < 1.29 is 4.74 Å². The highest BCUT2D eigenvalue weighted by molar-refractivity contribution is 6.17. The monoisotopic (exact) mass is 118 g/mol. The molecule has 0 aliphatic carbocycles. The fraction of sp³-hybridized carbons (Fsp3) is 0.600. The molecule has 0 bridgehead atoms. The summed E-state index contributed by atoms with van der Waals surface area (Å²) in [7, 11) is 0. The van der Waals surface area contributed by atoms with Gasteiger partial charge in [-0.1, -0.05) is 17.5 Å². The second kappa shape index (κ2) is 3.98. The van der Waals surface area contributed by atoms with E-state index in [1.807, 2.05) is 0 Å². The highest BCUT2D eigenvalue weighted by Gasteiger charge is 1.89. The van der Waals surface area contributed by atoms with Crippen molar-refractivity contribution in [2.45, 2.75) is 13.0 Å². The Hall–Kier alpha value is -0.190. The fourth-order valence-corrected chi connectivity index (χ4v) is 0.332. The lowest BCUT2D eigenvalue weighted by Crippen LogP contribution is -2.01. The Labute approximate surface area is 48.6 Å². The van der Waals surface area contributed by atoms with E-state index in [9.17, 15) is 0 Å². The van der Waals surface area contributed by atoms with E-state index in [0.717, 1.165) is 0 Å². The third-order valence-electron chi connectivity index (χ3n) is 0.548. The maximum Gasteiger partial charge on any atom is 0.122 e. The molecule has 1 unspecified atom stereocenters. The van der Waals surface area contributed by atoms with Crippen LogP contribution in [0.1, 0.15) is 6.92 Å². The van der Waals surface area contributed by atoms with E-state index in [2.05, 4.69) is 5.92 Å². The lowest BCUT2D eigenvalue weighted by molar-refractivity contribution is 0.145. The maximum atomic E-state index is 5.16. The van der Waals surface area contributed by atoms with Crippen molar-refractivity contribution in [3.8, 4) is 12.3 Å². The lowest BCUT2D eigenvalue weighted by Gasteiger charge is -1.98. The highest BCUT2D eigenvalue weighted by Crippen LogP contribution is 1.87. The molecular formula is C5H7ClO. The topological polar surface area (TPSA) is 9.23 Å². The molecule has 0 radical (unpaired) electrons. The van der Waals surface area contributed by atoms with Gasteiger partial charge in [0.25, 0.3) is 0 Å². The SMILES string of the molecule is C#CC(C)OCCl. The van der Waals surface area contributed by atoms with Gasteiger partial charge in [0.1, 0.15) is 12.2 Å². The molecule has 0 spiro atoms. The molecule has 0 aromatic rings. The van der Waals surface area contributed by atoms with Crippen LogP contribution in [0.5, 0.6) is 0 Å². The molecule has 40 valence electrons. The molecule has 7 heavy (non-hydrogen) atoms. The van der Waals surface area contributed by atoms with Gasteiger partial charge in [-0.05, 0) is 6.92 Å². The number of terminal acetylenes is 1. The molecular weight excluding hydrogens is 112 g/mol. The second-order valence-corrected chi connectivity index (χ2v) is 1.30. The van der Waals surface area contributed by atoms with Crippen LogP contribution in [0.2, 0.25) is 0 Å². The summed E-state index contributed by atoms with van der Waals surface area (Å²) in [4.78, 5) is 0. The van der Waals surface area contributed by atoms with E-state index in [1.165, 1.54) is 0 Å². The number of hydrogen-bond donors (Lipinski definition) is 0. The van der Waals surface area contributed by atoms with Crippen molar-refractivity contribution in [2.24, 2.45) is 0 Å². The quantitative estimate of drug-likeness (QED) is 0.391. The van der Waals surface area contributed by atoms with E-state index in [4.69, 9.17) is 22.8 Å². The Morgan fingerprint density at radius 1 is 2.00 bits per heavy atom. The molecule has 0 amide bonds. The number of ether oxygens (including phenoxy) is 1. The first-order valence-corrected chi connectivity index (χ1v) is 2.48. The second-order valence-electron chi connectivity index (χ2n) is 1.08. The van der Waals surface area contributed by atoms with Crippen LogP contribution in [0.3, 0.4) is 0 Å². The van der Waals surface area contributed by atoms with Crippen molar-refractivity contribution in [3.63, 3.8) is 0 Å². The first-order valence-electron chi connectivity index (χ1n) is 1.95. The Balaban J connectivity index is 3.04. The summed E-state index contributed by atoms with van der Waals surface area (Å²) in [6.45, 7) is 1.77. The number of rotatable bonds is 2. The van der Waals surface area contributed by atoms with Gasteiger partial charge in [-0.25, -0.2) is 0 Å². The van der Waals surface area contributed by atoms with Gasteiger partial charge in [0.2, 0.25) is 0 Å². The van der Waals surface area contributed by atoms with Crippen molar-refractivity contribution in [1.82, 2.24) is 0 Å². The predicted molar refractivity (Wildman–Crippen MR) is 30.1 cm³/mol. The molecule has 0 N–H and O–H groups in total. The average molecular weight is 119 g/mol. The summed E-state index contributed by atoms with van der Waals surface area (Å²) in [5, 5.41) is 0. The smallest absolute Gasteiger partial charge is 0.122 e. The molecule has 1 atom stereocenters. The largest absolute Gasteiger partial charge is 0.350 e. The standard InChI is InChI=1S/C5H7ClO/c1-3-5(2)7-4-6/h1,5H,4H2,2H3. The molecule has 0 saturated heterocycles. The number of halogens is 1. The maximum absolute atomic E-state index is 5.16. The Morgan fingerprint density at radius 3 is 2.71 bits per heavy atom. The molecule has 0 fully saturated rings. The van der Waals surface area contributed by atoms with Crippen LogP contribution in [0.4, 0.5) is 0 Å². The number of hydrogen-bond acceptors (Lipinski definition) is 1. The molecule has 1 nitrogen and oxygen atoms in total. The van der Waals surface area contributed by atoms with Gasteiger partial charge in [0.05, 0.1) is 0 Å². The molecule has 0 aliphatic heterocycles. The fourth-order valence-electron chi connectivity index (χ4n) is 0.143. The van der Waals surface area contributed by atoms with Gasteiger partial charge >= 0.3 is 0 Å². The van der Waals surface area contributed by atoms with Gasteiger partial charge in [-0.15, -0.1) is 6.42 Å². The van der Waals surface area contributed by atoms with E-state index in [0.29, 0.717) is 0 Å². The van der Waals surface area contributed by atoms with Crippen LogP contribution in [-0.4, -0.2) is 12.2 Å². The summed E-state index contributed by atoms with van der Waals surface area (Å²) in [5.74, 6) is 2.36. The van der Waals surface area contributed by atoms with Crippen molar-refractivity contribution in [3.05, 3.63) is 0 Å². The van der Waals surface area contributed by atoms with E-state index < -0.39 is 0 Å². The summed E-state index contributed by atoms with van der Waals surface area (Å²) >= 11 is 5.16. The van der Waals surface area contributed by atoms with E-state index in [-0.39, 0.29) is 12.2 Å². The van der Waals surface area contributed by atoms with Gasteiger partial charge in [-0.3, -0.25) is 0 Å². The lowest BCUT2D eigenvalue weighted by atomic mass is 10.4. The van der Waals surface area contributed by atoms with Crippen molar-refractivity contribution in [1.29, 1.82) is 0 Å². The Kier molecular flexibility index (Phi) is 3.87. The molecule has 2 heteroatoms. The molecule has 0 aliphatic rings. The van der Waals surface area contributed by atoms with Crippen LogP contribution >= 0.6 is 11.6 Å². The zero-order chi connectivity index (χ0) is 5.70. The van der Waals surface area contributed by atoms with Crippen LogP contribution < -0.4 is 0 Å². The van der Waals surface area contributed by atoms with Crippen LogP contribution in [0.15, 0.2) is 0 Å². The van der Waals surface area contributed by atoms with Gasteiger partial charge in [-0.2, -0.15) is 0 Å². The van der Waals surface area contributed by atoms with Gasteiger partial charge in [0, 0.05) is 0 Å².